The lowest BCUT2D eigenvalue weighted by molar-refractivity contribution is -0.118. The molecule has 3 aromatic rings. The molecule has 0 saturated carbocycles. The molecular formula is C18H16N2O2. The van der Waals surface area contributed by atoms with Crippen molar-refractivity contribution in [1.29, 1.82) is 0 Å². The predicted molar refractivity (Wildman–Crippen MR) is 86.4 cm³/mol. The van der Waals surface area contributed by atoms with Gasteiger partial charge in [0.2, 0.25) is 5.91 Å². The highest BCUT2D eigenvalue weighted by atomic mass is 16.3. The number of rotatable bonds is 4. The van der Waals surface area contributed by atoms with Gasteiger partial charge < -0.3 is 10.4 Å². The molecule has 4 nitrogen and oxygen atoms in total. The molecule has 1 amide bonds. The topological polar surface area (TPSA) is 62.2 Å². The van der Waals surface area contributed by atoms with E-state index in [1.54, 1.807) is 18.3 Å². The number of nitrogens with one attached hydrogen (secondary N) is 1. The number of benzene rings is 2. The van der Waals surface area contributed by atoms with Gasteiger partial charge in [0.05, 0.1) is 23.7 Å². The molecule has 1 atom stereocenters. The molecule has 110 valence electrons. The third kappa shape index (κ3) is 3.13. The van der Waals surface area contributed by atoms with Crippen molar-refractivity contribution in [3.63, 3.8) is 0 Å². The number of carbonyl (C=O) groups is 1. The molecule has 2 aromatic carbocycles. The van der Waals surface area contributed by atoms with Gasteiger partial charge in [-0.2, -0.15) is 0 Å². The van der Waals surface area contributed by atoms with Crippen LogP contribution >= 0.6 is 0 Å². The normalized spacial score (nSPS) is 12.0. The van der Waals surface area contributed by atoms with Gasteiger partial charge in [-0.1, -0.05) is 36.4 Å². The molecule has 1 heterocycles. The summed E-state index contributed by atoms with van der Waals surface area (Å²) in [6, 6.07) is 18.5. The van der Waals surface area contributed by atoms with E-state index < -0.39 is 6.10 Å². The maximum atomic E-state index is 12.1. The molecule has 0 aliphatic rings. The van der Waals surface area contributed by atoms with Gasteiger partial charge in [-0.25, -0.2) is 0 Å². The number of amides is 1. The molecule has 3 rings (SSSR count). The first-order valence-electron chi connectivity index (χ1n) is 7.10. The van der Waals surface area contributed by atoms with Crippen LogP contribution in [0.5, 0.6) is 0 Å². The van der Waals surface area contributed by atoms with Crippen LogP contribution in [-0.2, 0) is 4.79 Å². The summed E-state index contributed by atoms with van der Waals surface area (Å²) in [5.74, 6) is -0.229. The molecule has 4 heteroatoms. The summed E-state index contributed by atoms with van der Waals surface area (Å²) in [5, 5.41) is 13.8. The third-order valence-corrected chi connectivity index (χ3v) is 3.48. The molecule has 0 bridgehead atoms. The molecular weight excluding hydrogens is 276 g/mol. The number of carbonyl (C=O) groups excluding carboxylic acids is 1. The molecule has 22 heavy (non-hydrogen) atoms. The van der Waals surface area contributed by atoms with Crippen LogP contribution in [0.3, 0.4) is 0 Å². The zero-order valence-electron chi connectivity index (χ0n) is 11.9. The van der Waals surface area contributed by atoms with Crippen molar-refractivity contribution in [3.05, 3.63) is 72.4 Å². The number of aliphatic hydroxyl groups excluding tert-OH is 1. The smallest absolute Gasteiger partial charge is 0.227 e. The van der Waals surface area contributed by atoms with E-state index in [1.165, 1.54) is 0 Å². The highest BCUT2D eigenvalue weighted by Crippen LogP contribution is 2.23. The van der Waals surface area contributed by atoms with E-state index in [9.17, 15) is 9.90 Å². The van der Waals surface area contributed by atoms with E-state index in [-0.39, 0.29) is 12.3 Å². The second-order valence-electron chi connectivity index (χ2n) is 5.05. The molecule has 0 saturated heterocycles. The van der Waals surface area contributed by atoms with Crippen LogP contribution in [-0.4, -0.2) is 16.0 Å². The van der Waals surface area contributed by atoms with Gasteiger partial charge in [-0.15, -0.1) is 0 Å². The molecule has 1 unspecified atom stereocenters. The molecule has 0 aliphatic carbocycles. The van der Waals surface area contributed by atoms with Gasteiger partial charge in [0.1, 0.15) is 0 Å². The maximum Gasteiger partial charge on any atom is 0.227 e. The quantitative estimate of drug-likeness (QED) is 0.775. The standard InChI is InChI=1S/C18H16N2O2/c21-17(13-6-2-1-3-7-13)12-18(22)20-16-10-4-9-15-14(16)8-5-11-19-15/h1-11,17,21H,12H2,(H,20,22). The molecule has 0 aliphatic heterocycles. The van der Waals surface area contributed by atoms with Crippen molar-refractivity contribution in [1.82, 2.24) is 4.98 Å². The highest BCUT2D eigenvalue weighted by molar-refractivity contribution is 6.01. The monoisotopic (exact) mass is 292 g/mol. The van der Waals surface area contributed by atoms with Crippen molar-refractivity contribution in [2.75, 3.05) is 5.32 Å². The van der Waals surface area contributed by atoms with Crippen molar-refractivity contribution >= 4 is 22.5 Å². The van der Waals surface area contributed by atoms with Crippen molar-refractivity contribution in [2.24, 2.45) is 0 Å². The highest BCUT2D eigenvalue weighted by Gasteiger charge is 2.13. The minimum atomic E-state index is -0.811. The SMILES string of the molecule is O=C(CC(O)c1ccccc1)Nc1cccc2ncccc12. The predicted octanol–water partition coefficient (Wildman–Crippen LogP) is 3.30. The van der Waals surface area contributed by atoms with E-state index in [0.29, 0.717) is 5.69 Å². The Hall–Kier alpha value is -2.72. The number of anilines is 1. The van der Waals surface area contributed by atoms with E-state index in [2.05, 4.69) is 10.3 Å². The minimum absolute atomic E-state index is 0.0145. The molecule has 1 aromatic heterocycles. The summed E-state index contributed by atoms with van der Waals surface area (Å²) in [6.07, 6.45) is 0.919. The lowest BCUT2D eigenvalue weighted by atomic mass is 10.1. The summed E-state index contributed by atoms with van der Waals surface area (Å²) in [7, 11) is 0. The Kier molecular flexibility index (Phi) is 4.12. The zero-order valence-corrected chi connectivity index (χ0v) is 11.9. The molecule has 0 radical (unpaired) electrons. The number of fused-ring (bicyclic) bond motifs is 1. The Morgan fingerprint density at radius 3 is 2.68 bits per heavy atom. The Balaban J connectivity index is 1.74. The second-order valence-corrected chi connectivity index (χ2v) is 5.05. The summed E-state index contributed by atoms with van der Waals surface area (Å²) in [5.41, 5.74) is 2.26. The number of pyridine rings is 1. The van der Waals surface area contributed by atoms with Crippen LogP contribution in [0.15, 0.2) is 66.9 Å². The van der Waals surface area contributed by atoms with Crippen molar-refractivity contribution in [2.45, 2.75) is 12.5 Å². The summed E-state index contributed by atoms with van der Waals surface area (Å²) in [4.78, 5) is 16.4. The first-order valence-corrected chi connectivity index (χ1v) is 7.10. The Bertz CT molecular complexity index is 782. The van der Waals surface area contributed by atoms with Gasteiger partial charge in [-0.3, -0.25) is 9.78 Å². The van der Waals surface area contributed by atoms with Crippen LogP contribution < -0.4 is 5.32 Å². The average molecular weight is 292 g/mol. The molecule has 0 fully saturated rings. The van der Waals surface area contributed by atoms with Gasteiger partial charge in [0.15, 0.2) is 0 Å². The fourth-order valence-electron chi connectivity index (χ4n) is 2.38. The minimum Gasteiger partial charge on any atom is -0.388 e. The maximum absolute atomic E-state index is 12.1. The average Bonchev–Trinajstić information content (AvgIpc) is 2.56. The second kappa shape index (κ2) is 6.37. The summed E-state index contributed by atoms with van der Waals surface area (Å²) < 4.78 is 0. The van der Waals surface area contributed by atoms with E-state index in [1.807, 2.05) is 48.5 Å². The summed E-state index contributed by atoms with van der Waals surface area (Å²) in [6.45, 7) is 0. The summed E-state index contributed by atoms with van der Waals surface area (Å²) >= 11 is 0. The van der Waals surface area contributed by atoms with Crippen molar-refractivity contribution < 1.29 is 9.90 Å². The number of hydrogen-bond donors (Lipinski definition) is 2. The third-order valence-electron chi connectivity index (χ3n) is 3.48. The van der Waals surface area contributed by atoms with Gasteiger partial charge >= 0.3 is 0 Å². The van der Waals surface area contributed by atoms with E-state index in [0.717, 1.165) is 16.5 Å². The van der Waals surface area contributed by atoms with Crippen LogP contribution in [0.4, 0.5) is 5.69 Å². The zero-order chi connectivity index (χ0) is 15.4. The van der Waals surface area contributed by atoms with Gasteiger partial charge in [0, 0.05) is 11.6 Å². The number of aliphatic hydroxyl groups is 1. The van der Waals surface area contributed by atoms with Gasteiger partial charge in [0.25, 0.3) is 0 Å². The largest absolute Gasteiger partial charge is 0.388 e. The molecule has 2 N–H and O–H groups in total. The molecule has 0 spiro atoms. The number of aromatic nitrogens is 1. The number of hydrogen-bond acceptors (Lipinski definition) is 3. The van der Waals surface area contributed by atoms with Crippen molar-refractivity contribution in [3.8, 4) is 0 Å². The first-order chi connectivity index (χ1) is 10.7. The fraction of sp³-hybridized carbons (Fsp3) is 0.111. The lowest BCUT2D eigenvalue weighted by Gasteiger charge is -2.12. The van der Waals surface area contributed by atoms with Crippen LogP contribution in [0.1, 0.15) is 18.1 Å². The Labute approximate surface area is 128 Å². The number of nitrogens with zero attached hydrogens (tertiary/aromatic N) is 1. The van der Waals surface area contributed by atoms with E-state index >= 15 is 0 Å². The van der Waals surface area contributed by atoms with Crippen LogP contribution in [0, 0.1) is 0 Å². The fourth-order valence-corrected chi connectivity index (χ4v) is 2.38. The van der Waals surface area contributed by atoms with Crippen LogP contribution in [0.2, 0.25) is 0 Å². The Morgan fingerprint density at radius 1 is 1.05 bits per heavy atom. The van der Waals surface area contributed by atoms with E-state index in [4.69, 9.17) is 0 Å². The van der Waals surface area contributed by atoms with Gasteiger partial charge in [-0.05, 0) is 29.8 Å². The van der Waals surface area contributed by atoms with Crippen LogP contribution in [0.25, 0.3) is 10.9 Å². The first kappa shape index (κ1) is 14.2. The Morgan fingerprint density at radius 2 is 1.86 bits per heavy atom. The lowest BCUT2D eigenvalue weighted by Crippen LogP contribution is -2.15.